The van der Waals surface area contributed by atoms with Gasteiger partial charge in [-0.1, -0.05) is 0 Å². The standard InChI is InChI=1S/C8H11O4.K.H2O/c1-6(10)5-8(12,3-4-9)7(2)11;;/h12H,3,5H2,1-2H3;;1H2/q-1;+1;/p+1. The molecular formula is C8H14KO5+. The van der Waals surface area contributed by atoms with Gasteiger partial charge in [0.25, 0.3) is 0 Å². The molecule has 0 rings (SSSR count). The summed E-state index contributed by atoms with van der Waals surface area (Å²) in [5.74, 6) is -0.913. The van der Waals surface area contributed by atoms with Crippen LogP contribution in [0.3, 0.4) is 0 Å². The molecule has 0 fully saturated rings. The zero-order valence-corrected chi connectivity index (χ0v) is 11.8. The molecule has 4 N–H and O–H groups in total. The number of rotatable bonds is 5. The molecule has 0 spiro atoms. The van der Waals surface area contributed by atoms with Crippen molar-refractivity contribution in [1.29, 1.82) is 0 Å². The third-order valence-electron chi connectivity index (χ3n) is 1.56. The minimum atomic E-state index is -1.84. The van der Waals surface area contributed by atoms with Gasteiger partial charge in [-0.25, -0.2) is 0 Å². The Labute approximate surface area is 125 Å². The van der Waals surface area contributed by atoms with Crippen molar-refractivity contribution in [2.75, 3.05) is 0 Å². The summed E-state index contributed by atoms with van der Waals surface area (Å²) in [5, 5.41) is 9.43. The van der Waals surface area contributed by atoms with Crippen LogP contribution in [0, 0.1) is 0 Å². The molecule has 0 heterocycles. The number of carbonyl (C=O) groups excluding carboxylic acids is 3. The van der Waals surface area contributed by atoms with E-state index in [0.717, 1.165) is 6.92 Å². The summed E-state index contributed by atoms with van der Waals surface area (Å²) in [7, 11) is 0. The van der Waals surface area contributed by atoms with Crippen LogP contribution in [0.25, 0.3) is 0 Å². The summed E-state index contributed by atoms with van der Waals surface area (Å²) in [6.07, 6.45) is 0.658. The summed E-state index contributed by atoms with van der Waals surface area (Å²) in [6, 6.07) is 0. The first-order valence-corrected chi connectivity index (χ1v) is 3.50. The molecule has 0 aromatic rings. The predicted octanol–water partition coefficient (Wildman–Crippen LogP) is -4.13. The van der Waals surface area contributed by atoms with Crippen LogP contribution in [-0.2, 0) is 19.9 Å². The van der Waals surface area contributed by atoms with Crippen LogP contribution in [0.4, 0.5) is 0 Å². The average Bonchev–Trinajstić information content (AvgIpc) is 1.85. The van der Waals surface area contributed by atoms with Gasteiger partial charge in [-0.05, 0) is 13.8 Å². The van der Waals surface area contributed by atoms with E-state index in [9.17, 15) is 19.5 Å². The molecule has 1 atom stereocenters. The van der Waals surface area contributed by atoms with E-state index in [4.69, 9.17) is 0 Å². The van der Waals surface area contributed by atoms with E-state index in [1.807, 2.05) is 0 Å². The zero-order valence-electron chi connectivity index (χ0n) is 8.66. The molecule has 0 aliphatic carbocycles. The Morgan fingerprint density at radius 2 is 1.79 bits per heavy atom. The van der Waals surface area contributed by atoms with Crippen LogP contribution >= 0.6 is 0 Å². The van der Waals surface area contributed by atoms with Crippen LogP contribution in [-0.4, -0.2) is 28.6 Å². The van der Waals surface area contributed by atoms with E-state index in [2.05, 4.69) is 0 Å². The minimum absolute atomic E-state index is 0. The Morgan fingerprint density at radius 3 is 2.00 bits per heavy atom. The van der Waals surface area contributed by atoms with Crippen LogP contribution in [0.2, 0.25) is 0 Å². The molecule has 5 nitrogen and oxygen atoms in total. The molecule has 76 valence electrons. The van der Waals surface area contributed by atoms with Gasteiger partial charge in [-0.15, -0.1) is 6.42 Å². The number of carbonyl (C=O) groups is 2. The van der Waals surface area contributed by atoms with E-state index in [-0.39, 0.29) is 69.1 Å². The van der Waals surface area contributed by atoms with Crippen molar-refractivity contribution in [3.8, 4) is 0 Å². The van der Waals surface area contributed by atoms with Gasteiger partial charge in [0.2, 0.25) is 0 Å². The van der Waals surface area contributed by atoms with Crippen LogP contribution < -0.4 is 51.4 Å². The monoisotopic (exact) mass is 229 g/mol. The van der Waals surface area contributed by atoms with E-state index >= 15 is 0 Å². The number of hydrogen-bond acceptors (Lipinski definition) is 4. The van der Waals surface area contributed by atoms with E-state index in [0.29, 0.717) is 0 Å². The fourth-order valence-electron chi connectivity index (χ4n) is 0.843. The minimum Gasteiger partial charge on any atom is -0.542 e. The maximum Gasteiger partial charge on any atom is 1.00 e. The molecular weight excluding hydrogens is 215 g/mol. The molecule has 0 radical (unpaired) electrons. The van der Waals surface area contributed by atoms with E-state index in [1.165, 1.54) is 13.2 Å². The number of aliphatic hydroxyl groups is 1. The molecule has 0 saturated carbocycles. The van der Waals surface area contributed by atoms with Crippen LogP contribution in [0.15, 0.2) is 0 Å². The molecule has 0 bridgehead atoms. The smallest absolute Gasteiger partial charge is 0.542 e. The maximum atomic E-state index is 10.8. The van der Waals surface area contributed by atoms with Gasteiger partial charge in [0.1, 0.15) is 11.4 Å². The SMILES string of the molecule is CC(=O)CC(O)(C[C-]=O)C(C)=O.[K+].[OH3+]. The van der Waals surface area contributed by atoms with Crippen molar-refractivity contribution in [2.45, 2.75) is 32.3 Å². The summed E-state index contributed by atoms with van der Waals surface area (Å²) in [6.45, 7) is 2.39. The zero-order chi connectivity index (χ0) is 9.78. The first kappa shape index (κ1) is 20.0. The molecule has 0 amide bonds. The number of ketones is 2. The molecule has 0 aliphatic rings. The summed E-state index contributed by atoms with van der Waals surface area (Å²) in [4.78, 5) is 31.4. The van der Waals surface area contributed by atoms with Gasteiger partial charge >= 0.3 is 51.4 Å². The summed E-state index contributed by atoms with van der Waals surface area (Å²) < 4.78 is 0. The normalized spacial score (nSPS) is 12.8. The quantitative estimate of drug-likeness (QED) is 0.293. The molecule has 0 aliphatic heterocycles. The molecule has 0 aromatic heterocycles. The molecule has 14 heavy (non-hydrogen) atoms. The van der Waals surface area contributed by atoms with E-state index < -0.39 is 17.8 Å². The topological polar surface area (TPSA) is 104 Å². The van der Waals surface area contributed by atoms with Gasteiger partial charge < -0.3 is 15.4 Å². The fourth-order valence-corrected chi connectivity index (χ4v) is 0.843. The van der Waals surface area contributed by atoms with Crippen LogP contribution in [0.5, 0.6) is 0 Å². The summed E-state index contributed by atoms with van der Waals surface area (Å²) in [5.41, 5.74) is -1.84. The Morgan fingerprint density at radius 1 is 1.36 bits per heavy atom. The van der Waals surface area contributed by atoms with Gasteiger partial charge in [0.05, 0.1) is 0 Å². The van der Waals surface area contributed by atoms with Crippen molar-refractivity contribution >= 4 is 17.9 Å². The van der Waals surface area contributed by atoms with Crippen molar-refractivity contribution in [3.05, 3.63) is 0 Å². The van der Waals surface area contributed by atoms with Gasteiger partial charge in [-0.2, -0.15) is 0 Å². The van der Waals surface area contributed by atoms with Crippen LogP contribution in [0.1, 0.15) is 26.7 Å². The number of hydrogen-bond donors (Lipinski definition) is 1. The van der Waals surface area contributed by atoms with Gasteiger partial charge in [0, 0.05) is 6.42 Å². The second kappa shape index (κ2) is 8.84. The molecule has 6 heteroatoms. The molecule has 1 unspecified atom stereocenters. The average molecular weight is 229 g/mol. The first-order chi connectivity index (χ1) is 5.42. The Kier molecular flexibility index (Phi) is 12.7. The van der Waals surface area contributed by atoms with Crippen molar-refractivity contribution in [1.82, 2.24) is 0 Å². The number of Topliss-reactive ketones (excluding diaryl/α,β-unsaturated/α-hetero) is 2. The molecule has 0 saturated heterocycles. The van der Waals surface area contributed by atoms with Crippen molar-refractivity contribution in [2.24, 2.45) is 0 Å². The second-order valence-corrected chi connectivity index (χ2v) is 2.79. The maximum absolute atomic E-state index is 10.8. The van der Waals surface area contributed by atoms with Crippen molar-refractivity contribution < 1.29 is 76.4 Å². The second-order valence-electron chi connectivity index (χ2n) is 2.79. The Hall–Kier alpha value is 0.566. The third kappa shape index (κ3) is 6.94. The fraction of sp³-hybridized carbons (Fsp3) is 0.625. The van der Waals surface area contributed by atoms with E-state index in [1.54, 1.807) is 0 Å². The first-order valence-electron chi connectivity index (χ1n) is 3.50. The Bertz CT molecular complexity index is 216. The van der Waals surface area contributed by atoms with Crippen molar-refractivity contribution in [3.63, 3.8) is 0 Å². The molecule has 0 aromatic carbocycles. The largest absolute Gasteiger partial charge is 1.00 e. The Balaban J connectivity index is -0.000000605. The predicted molar refractivity (Wildman–Crippen MR) is 46.1 cm³/mol. The van der Waals surface area contributed by atoms with Gasteiger partial charge in [-0.3, -0.25) is 15.9 Å². The summed E-state index contributed by atoms with van der Waals surface area (Å²) >= 11 is 0. The third-order valence-corrected chi connectivity index (χ3v) is 1.56. The van der Waals surface area contributed by atoms with Gasteiger partial charge in [0.15, 0.2) is 5.78 Å².